The van der Waals surface area contributed by atoms with Crippen LogP contribution in [0.1, 0.15) is 23.7 Å². The second-order valence-electron chi connectivity index (χ2n) is 6.76. The molecule has 0 saturated carbocycles. The van der Waals surface area contributed by atoms with E-state index in [0.717, 1.165) is 19.5 Å². The summed E-state index contributed by atoms with van der Waals surface area (Å²) >= 11 is 0. The Morgan fingerprint density at radius 1 is 1.38 bits per heavy atom. The summed E-state index contributed by atoms with van der Waals surface area (Å²) in [7, 11) is 0. The molecule has 1 aromatic carbocycles. The molecule has 2 saturated heterocycles. The van der Waals surface area contributed by atoms with Gasteiger partial charge in [-0.2, -0.15) is 0 Å². The number of anilines is 2. The van der Waals surface area contributed by atoms with Crippen molar-refractivity contribution in [1.29, 1.82) is 0 Å². The molecule has 128 valence electrons. The third-order valence-electron chi connectivity index (χ3n) is 5.44. The van der Waals surface area contributed by atoms with E-state index in [1.807, 2.05) is 11.8 Å². The highest BCUT2D eigenvalue weighted by Crippen LogP contribution is 2.38. The van der Waals surface area contributed by atoms with Gasteiger partial charge < -0.3 is 20.2 Å². The molecule has 0 amide bonds. The molecule has 6 nitrogen and oxygen atoms in total. The summed E-state index contributed by atoms with van der Waals surface area (Å²) in [6, 6.07) is 3.63. The number of hydrogen-bond donors (Lipinski definition) is 2. The molecule has 3 unspecified atom stereocenters. The number of nitrogens with zero attached hydrogens (tertiary/aromatic N) is 2. The summed E-state index contributed by atoms with van der Waals surface area (Å²) in [5.74, 6) is -3.24. The van der Waals surface area contributed by atoms with Gasteiger partial charge in [-0.1, -0.05) is 0 Å². The number of rotatable bonds is 3. The minimum atomic E-state index is -1.16. The molecule has 24 heavy (non-hydrogen) atoms. The maximum Gasteiger partial charge on any atom is 0.316 e. The Kier molecular flexibility index (Phi) is 3.49. The molecule has 2 bridgehead atoms. The largest absolute Gasteiger partial charge is 0.481 e. The quantitative estimate of drug-likeness (QED) is 0.807. The molecule has 2 N–H and O–H groups in total. The van der Waals surface area contributed by atoms with Gasteiger partial charge in [0.15, 0.2) is 5.78 Å². The first-order valence-corrected chi connectivity index (χ1v) is 8.35. The van der Waals surface area contributed by atoms with Crippen molar-refractivity contribution in [2.45, 2.75) is 25.4 Å². The van der Waals surface area contributed by atoms with E-state index < -0.39 is 23.5 Å². The summed E-state index contributed by atoms with van der Waals surface area (Å²) in [5, 5.41) is 12.6. The third kappa shape index (κ3) is 2.18. The van der Waals surface area contributed by atoms with E-state index in [-0.39, 0.29) is 18.2 Å². The maximum absolute atomic E-state index is 14.7. The average Bonchev–Trinajstić information content (AvgIpc) is 3.18. The van der Waals surface area contributed by atoms with Gasteiger partial charge in [0.2, 0.25) is 0 Å². The normalized spacial score (nSPS) is 28.4. The lowest BCUT2D eigenvalue weighted by Gasteiger charge is -2.35. The maximum atomic E-state index is 14.7. The number of carbonyl (C=O) groups excluding carboxylic acids is 1. The Morgan fingerprint density at radius 2 is 2.17 bits per heavy atom. The van der Waals surface area contributed by atoms with Crippen molar-refractivity contribution in [3.8, 4) is 0 Å². The minimum Gasteiger partial charge on any atom is -0.481 e. The molecular weight excluding hydrogens is 313 g/mol. The van der Waals surface area contributed by atoms with E-state index in [1.54, 1.807) is 6.07 Å². The minimum absolute atomic E-state index is 0.135. The molecule has 3 atom stereocenters. The van der Waals surface area contributed by atoms with Crippen LogP contribution < -0.4 is 15.1 Å². The lowest BCUT2D eigenvalue weighted by molar-refractivity contribution is -0.139. The fourth-order valence-electron chi connectivity index (χ4n) is 4.16. The molecule has 3 aliphatic rings. The molecule has 3 heterocycles. The number of ketones is 1. The molecule has 0 spiro atoms. The number of hydrogen-bond acceptors (Lipinski definition) is 5. The molecule has 0 aliphatic carbocycles. The number of aliphatic carboxylic acids is 1. The highest BCUT2D eigenvalue weighted by molar-refractivity contribution is 6.13. The highest BCUT2D eigenvalue weighted by atomic mass is 19.1. The zero-order valence-electron chi connectivity index (χ0n) is 13.5. The standard InChI is InChI=1S/C17H20FN3O3/c1-2-20-8-12(17(23)24)16(22)11-4-13(18)15(5-14(11)20)21-7-9-3-10(21)6-19-9/h4-5,9-10,12,19H,2-3,6-8H2,1H3,(H,23,24). The van der Waals surface area contributed by atoms with Crippen molar-refractivity contribution in [3.63, 3.8) is 0 Å². The van der Waals surface area contributed by atoms with Crippen LogP contribution in [0.4, 0.5) is 15.8 Å². The van der Waals surface area contributed by atoms with Crippen LogP contribution in [0.3, 0.4) is 0 Å². The number of carboxylic acids is 1. The molecule has 3 aliphatic heterocycles. The van der Waals surface area contributed by atoms with Crippen molar-refractivity contribution >= 4 is 23.1 Å². The van der Waals surface area contributed by atoms with Gasteiger partial charge in [0.1, 0.15) is 11.7 Å². The Balaban J connectivity index is 1.76. The first kappa shape index (κ1) is 15.4. The second kappa shape index (κ2) is 5.44. The summed E-state index contributed by atoms with van der Waals surface area (Å²) in [5.41, 5.74) is 1.34. The molecule has 4 rings (SSSR count). The van der Waals surface area contributed by atoms with Crippen molar-refractivity contribution in [3.05, 3.63) is 23.5 Å². The van der Waals surface area contributed by atoms with Crippen LogP contribution in [-0.2, 0) is 4.79 Å². The van der Waals surface area contributed by atoms with Crippen LogP contribution in [0.15, 0.2) is 12.1 Å². The summed E-state index contributed by atoms with van der Waals surface area (Å²) in [6.45, 7) is 4.22. The number of carbonyl (C=O) groups is 2. The fraction of sp³-hybridized carbons (Fsp3) is 0.529. The summed E-state index contributed by atoms with van der Waals surface area (Å²) < 4.78 is 14.7. The topological polar surface area (TPSA) is 72.9 Å². The van der Waals surface area contributed by atoms with Crippen LogP contribution >= 0.6 is 0 Å². The van der Waals surface area contributed by atoms with Gasteiger partial charge in [0.25, 0.3) is 0 Å². The zero-order chi connectivity index (χ0) is 17.0. The number of fused-ring (bicyclic) bond motifs is 3. The van der Waals surface area contributed by atoms with Crippen molar-refractivity contribution in [1.82, 2.24) is 5.32 Å². The van der Waals surface area contributed by atoms with E-state index in [0.29, 0.717) is 24.0 Å². The van der Waals surface area contributed by atoms with Gasteiger partial charge in [0.05, 0.1) is 5.69 Å². The van der Waals surface area contributed by atoms with Crippen LogP contribution in [0, 0.1) is 11.7 Å². The number of nitrogens with one attached hydrogen (secondary N) is 1. The van der Waals surface area contributed by atoms with Crippen LogP contribution in [0.2, 0.25) is 0 Å². The lowest BCUT2D eigenvalue weighted by Crippen LogP contribution is -2.45. The average molecular weight is 333 g/mol. The molecule has 0 radical (unpaired) electrons. The van der Waals surface area contributed by atoms with E-state index in [9.17, 15) is 19.1 Å². The number of benzene rings is 1. The van der Waals surface area contributed by atoms with Crippen LogP contribution in [0.25, 0.3) is 0 Å². The van der Waals surface area contributed by atoms with Gasteiger partial charge in [-0.25, -0.2) is 4.39 Å². The number of carboxylic acid groups (broad SMARTS) is 1. The lowest BCUT2D eigenvalue weighted by atomic mass is 9.90. The monoisotopic (exact) mass is 333 g/mol. The first-order valence-electron chi connectivity index (χ1n) is 8.35. The smallest absolute Gasteiger partial charge is 0.316 e. The zero-order valence-corrected chi connectivity index (χ0v) is 13.5. The Morgan fingerprint density at radius 3 is 2.75 bits per heavy atom. The van der Waals surface area contributed by atoms with E-state index in [2.05, 4.69) is 10.2 Å². The van der Waals surface area contributed by atoms with Gasteiger partial charge >= 0.3 is 5.97 Å². The third-order valence-corrected chi connectivity index (χ3v) is 5.44. The number of piperazine rings is 1. The van der Waals surface area contributed by atoms with Crippen molar-refractivity contribution in [2.24, 2.45) is 5.92 Å². The molecular formula is C17H20FN3O3. The SMILES string of the molecule is CCN1CC(C(=O)O)C(=O)c2cc(F)c(N3CC4CC3CN4)cc21. The van der Waals surface area contributed by atoms with Gasteiger partial charge in [-0.3, -0.25) is 9.59 Å². The van der Waals surface area contributed by atoms with E-state index in [4.69, 9.17) is 0 Å². The number of halogens is 1. The summed E-state index contributed by atoms with van der Waals surface area (Å²) in [6.07, 6.45) is 1.01. The highest BCUT2D eigenvalue weighted by Gasteiger charge is 2.41. The van der Waals surface area contributed by atoms with Gasteiger partial charge in [-0.15, -0.1) is 0 Å². The van der Waals surface area contributed by atoms with E-state index in [1.165, 1.54) is 6.07 Å². The Hall–Kier alpha value is -2.15. The predicted molar refractivity (Wildman–Crippen MR) is 87.3 cm³/mol. The second-order valence-corrected chi connectivity index (χ2v) is 6.76. The molecule has 2 fully saturated rings. The predicted octanol–water partition coefficient (Wildman–Crippen LogP) is 1.10. The fourth-order valence-corrected chi connectivity index (χ4v) is 4.16. The van der Waals surface area contributed by atoms with E-state index >= 15 is 0 Å². The first-order chi connectivity index (χ1) is 11.5. The Labute approximate surface area is 139 Å². The van der Waals surface area contributed by atoms with Gasteiger partial charge in [-0.05, 0) is 25.5 Å². The van der Waals surface area contributed by atoms with Crippen molar-refractivity contribution in [2.75, 3.05) is 36.0 Å². The van der Waals surface area contributed by atoms with Crippen molar-refractivity contribution < 1.29 is 19.1 Å². The van der Waals surface area contributed by atoms with Crippen LogP contribution in [0.5, 0.6) is 0 Å². The molecule has 0 aromatic heterocycles. The molecule has 1 aromatic rings. The Bertz CT molecular complexity index is 723. The summed E-state index contributed by atoms with van der Waals surface area (Å²) in [4.78, 5) is 27.7. The molecule has 7 heteroatoms. The van der Waals surface area contributed by atoms with Crippen LogP contribution in [-0.4, -0.2) is 55.1 Å². The number of Topliss-reactive ketones (excluding diaryl/α,β-unsaturated/α-hetero) is 1. The van der Waals surface area contributed by atoms with Gasteiger partial charge in [0, 0.05) is 49.5 Å².